The smallest absolute Gasteiger partial charge is 0.407 e. The summed E-state index contributed by atoms with van der Waals surface area (Å²) in [7, 11) is 3.01. The number of carboxylic acid groups (broad SMARTS) is 1. The highest BCUT2D eigenvalue weighted by Crippen LogP contribution is 2.44. The summed E-state index contributed by atoms with van der Waals surface area (Å²) in [5.74, 6) is -0.151. The van der Waals surface area contributed by atoms with Crippen LogP contribution in [0, 0.1) is 0 Å². The van der Waals surface area contributed by atoms with E-state index in [0.717, 1.165) is 22.3 Å². The molecular formula is C26H25NO6. The van der Waals surface area contributed by atoms with Crippen molar-refractivity contribution in [3.05, 3.63) is 83.4 Å². The normalized spacial score (nSPS) is 12.9. The second kappa shape index (κ2) is 9.65. The molecule has 2 N–H and O–H groups in total. The third-order valence-corrected chi connectivity index (χ3v) is 5.79. The fraction of sp³-hybridized carbons (Fsp3) is 0.231. The first-order valence-electron chi connectivity index (χ1n) is 10.6. The Bertz CT molecular complexity index is 1110. The van der Waals surface area contributed by atoms with Gasteiger partial charge in [0.15, 0.2) is 0 Å². The van der Waals surface area contributed by atoms with Gasteiger partial charge in [-0.25, -0.2) is 4.79 Å². The Balaban J connectivity index is 1.51. The number of aliphatic carboxylic acids is 1. The van der Waals surface area contributed by atoms with E-state index >= 15 is 0 Å². The highest BCUT2D eigenvalue weighted by atomic mass is 16.5. The van der Waals surface area contributed by atoms with Crippen LogP contribution in [0.4, 0.5) is 4.79 Å². The van der Waals surface area contributed by atoms with Crippen molar-refractivity contribution in [3.8, 4) is 22.6 Å². The molecule has 0 aliphatic heterocycles. The average Bonchev–Trinajstić information content (AvgIpc) is 3.15. The van der Waals surface area contributed by atoms with Crippen molar-refractivity contribution in [1.82, 2.24) is 5.32 Å². The van der Waals surface area contributed by atoms with E-state index in [9.17, 15) is 14.7 Å². The van der Waals surface area contributed by atoms with Gasteiger partial charge in [0.25, 0.3) is 0 Å². The number of ether oxygens (including phenoxy) is 3. The molecule has 3 aromatic carbocycles. The predicted molar refractivity (Wildman–Crippen MR) is 123 cm³/mol. The standard InChI is InChI=1S/C26H25NO6/c1-31-17-11-16(12-18(13-17)32-2)24(14-25(28)29)27-26(30)33-15-23-21-9-5-3-7-19(21)20-8-4-6-10-22(20)23/h3-13,23-24H,14-15H2,1-2H3,(H,27,30)(H,28,29). The predicted octanol–water partition coefficient (Wildman–Crippen LogP) is 4.76. The topological polar surface area (TPSA) is 94.1 Å². The van der Waals surface area contributed by atoms with E-state index in [2.05, 4.69) is 17.4 Å². The van der Waals surface area contributed by atoms with Crippen LogP contribution in [-0.2, 0) is 9.53 Å². The molecule has 0 radical (unpaired) electrons. The Morgan fingerprint density at radius 1 is 0.909 bits per heavy atom. The lowest BCUT2D eigenvalue weighted by Gasteiger charge is -2.20. The van der Waals surface area contributed by atoms with E-state index in [-0.39, 0.29) is 18.9 Å². The molecular weight excluding hydrogens is 422 g/mol. The summed E-state index contributed by atoms with van der Waals surface area (Å²) in [6, 6.07) is 20.3. The van der Waals surface area contributed by atoms with Gasteiger partial charge in [0.2, 0.25) is 0 Å². The number of hydrogen-bond acceptors (Lipinski definition) is 5. The van der Waals surface area contributed by atoms with Gasteiger partial charge in [0, 0.05) is 12.0 Å². The maximum absolute atomic E-state index is 12.7. The molecule has 0 aromatic heterocycles. The minimum Gasteiger partial charge on any atom is -0.497 e. The number of carbonyl (C=O) groups excluding carboxylic acids is 1. The number of hydrogen-bond donors (Lipinski definition) is 2. The van der Waals surface area contributed by atoms with E-state index in [0.29, 0.717) is 17.1 Å². The molecule has 7 nitrogen and oxygen atoms in total. The molecule has 0 heterocycles. The molecule has 4 rings (SSSR count). The molecule has 0 spiro atoms. The summed E-state index contributed by atoms with van der Waals surface area (Å²) in [6.07, 6.45) is -1.01. The van der Waals surface area contributed by atoms with Gasteiger partial charge in [-0.15, -0.1) is 0 Å². The molecule has 170 valence electrons. The third kappa shape index (κ3) is 4.77. The molecule has 1 amide bonds. The molecule has 3 aromatic rings. The fourth-order valence-electron chi connectivity index (χ4n) is 4.24. The molecule has 0 saturated carbocycles. The van der Waals surface area contributed by atoms with Crippen LogP contribution < -0.4 is 14.8 Å². The first kappa shape index (κ1) is 22.2. The zero-order valence-electron chi connectivity index (χ0n) is 18.4. The quantitative estimate of drug-likeness (QED) is 0.517. The zero-order chi connectivity index (χ0) is 23.4. The molecule has 0 saturated heterocycles. The van der Waals surface area contributed by atoms with Crippen LogP contribution >= 0.6 is 0 Å². The maximum atomic E-state index is 12.7. The Kier molecular flexibility index (Phi) is 6.49. The number of carboxylic acids is 1. The minimum atomic E-state index is -1.05. The third-order valence-electron chi connectivity index (χ3n) is 5.79. The van der Waals surface area contributed by atoms with E-state index < -0.39 is 18.1 Å². The largest absolute Gasteiger partial charge is 0.497 e. The van der Waals surface area contributed by atoms with Crippen LogP contribution in [-0.4, -0.2) is 38.0 Å². The van der Waals surface area contributed by atoms with Crippen LogP contribution in [0.1, 0.15) is 35.1 Å². The summed E-state index contributed by atoms with van der Waals surface area (Å²) >= 11 is 0. The van der Waals surface area contributed by atoms with Gasteiger partial charge < -0.3 is 24.6 Å². The van der Waals surface area contributed by atoms with Crippen molar-refractivity contribution in [2.75, 3.05) is 20.8 Å². The van der Waals surface area contributed by atoms with E-state index in [4.69, 9.17) is 14.2 Å². The van der Waals surface area contributed by atoms with E-state index in [1.165, 1.54) is 14.2 Å². The van der Waals surface area contributed by atoms with Crippen LogP contribution in [0.15, 0.2) is 66.7 Å². The Labute approximate surface area is 191 Å². The minimum absolute atomic E-state index is 0.0852. The number of amides is 1. The first-order chi connectivity index (χ1) is 16.0. The molecule has 1 aliphatic carbocycles. The molecule has 0 fully saturated rings. The first-order valence-corrected chi connectivity index (χ1v) is 10.6. The number of fused-ring (bicyclic) bond motifs is 3. The van der Waals surface area contributed by atoms with Crippen molar-refractivity contribution in [3.63, 3.8) is 0 Å². The molecule has 1 unspecified atom stereocenters. The Hall–Kier alpha value is -4.00. The second-order valence-electron chi connectivity index (χ2n) is 7.77. The number of carbonyl (C=O) groups is 2. The highest BCUT2D eigenvalue weighted by Gasteiger charge is 2.29. The van der Waals surface area contributed by atoms with Gasteiger partial charge in [-0.1, -0.05) is 48.5 Å². The molecule has 1 atom stereocenters. The number of alkyl carbamates (subject to hydrolysis) is 1. The van der Waals surface area contributed by atoms with Crippen molar-refractivity contribution >= 4 is 12.1 Å². The van der Waals surface area contributed by atoms with E-state index in [1.807, 2.05) is 36.4 Å². The number of nitrogens with one attached hydrogen (secondary N) is 1. The molecule has 1 aliphatic rings. The summed E-state index contributed by atoms with van der Waals surface area (Å²) in [5.41, 5.74) is 5.02. The van der Waals surface area contributed by atoms with Crippen LogP contribution in [0.3, 0.4) is 0 Å². The molecule has 7 heteroatoms. The van der Waals surface area contributed by atoms with Gasteiger partial charge in [0.1, 0.15) is 18.1 Å². The summed E-state index contributed by atoms with van der Waals surface area (Å²) in [5, 5.41) is 12.1. The van der Waals surface area contributed by atoms with Gasteiger partial charge in [-0.05, 0) is 39.9 Å². The molecule has 0 bridgehead atoms. The SMILES string of the molecule is COc1cc(OC)cc(C(CC(=O)O)NC(=O)OCC2c3ccccc3-c3ccccc32)c1. The lowest BCUT2D eigenvalue weighted by atomic mass is 9.98. The number of benzene rings is 3. The molecule has 33 heavy (non-hydrogen) atoms. The average molecular weight is 447 g/mol. The highest BCUT2D eigenvalue weighted by molar-refractivity contribution is 5.79. The van der Waals surface area contributed by atoms with Crippen LogP contribution in [0.5, 0.6) is 11.5 Å². The summed E-state index contributed by atoms with van der Waals surface area (Å²) < 4.78 is 16.1. The fourth-order valence-corrected chi connectivity index (χ4v) is 4.24. The van der Waals surface area contributed by atoms with Crippen molar-refractivity contribution < 1.29 is 28.9 Å². The number of rotatable bonds is 8. The van der Waals surface area contributed by atoms with Gasteiger partial charge >= 0.3 is 12.1 Å². The Morgan fingerprint density at radius 2 is 1.45 bits per heavy atom. The lowest BCUT2D eigenvalue weighted by molar-refractivity contribution is -0.137. The van der Waals surface area contributed by atoms with Crippen LogP contribution in [0.2, 0.25) is 0 Å². The van der Waals surface area contributed by atoms with Crippen molar-refractivity contribution in [2.45, 2.75) is 18.4 Å². The van der Waals surface area contributed by atoms with E-state index in [1.54, 1.807) is 18.2 Å². The van der Waals surface area contributed by atoms with Gasteiger partial charge in [-0.2, -0.15) is 0 Å². The Morgan fingerprint density at radius 3 is 1.97 bits per heavy atom. The lowest BCUT2D eigenvalue weighted by Crippen LogP contribution is -2.31. The van der Waals surface area contributed by atoms with Crippen molar-refractivity contribution in [2.24, 2.45) is 0 Å². The summed E-state index contributed by atoms with van der Waals surface area (Å²) in [4.78, 5) is 24.2. The zero-order valence-corrected chi connectivity index (χ0v) is 18.4. The van der Waals surface area contributed by atoms with Gasteiger partial charge in [0.05, 0.1) is 26.7 Å². The maximum Gasteiger partial charge on any atom is 0.407 e. The van der Waals surface area contributed by atoms with Crippen LogP contribution in [0.25, 0.3) is 11.1 Å². The monoisotopic (exact) mass is 447 g/mol. The van der Waals surface area contributed by atoms with Gasteiger partial charge in [-0.3, -0.25) is 4.79 Å². The van der Waals surface area contributed by atoms with Crippen molar-refractivity contribution in [1.29, 1.82) is 0 Å². The summed E-state index contributed by atoms with van der Waals surface area (Å²) in [6.45, 7) is 0.140. The number of methoxy groups -OCH3 is 2. The second-order valence-corrected chi connectivity index (χ2v) is 7.77.